The highest BCUT2D eigenvalue weighted by Crippen LogP contribution is 2.42. The van der Waals surface area contributed by atoms with Crippen LogP contribution in [0.15, 0.2) is 35.3 Å². The molecule has 8 nitrogen and oxygen atoms in total. The average molecular weight is 570 g/mol. The van der Waals surface area contributed by atoms with Gasteiger partial charge in [0.05, 0.1) is 37.6 Å². The molecule has 0 saturated heterocycles. The molecular weight excluding hydrogens is 531 g/mol. The first kappa shape index (κ1) is 30.8. The van der Waals surface area contributed by atoms with E-state index in [1.54, 1.807) is 32.9 Å². The first-order chi connectivity index (χ1) is 18.1. The topological polar surface area (TPSA) is 82.9 Å². The van der Waals surface area contributed by atoms with Gasteiger partial charge in [0.2, 0.25) is 0 Å². The van der Waals surface area contributed by atoms with Crippen molar-refractivity contribution in [3.05, 3.63) is 57.5 Å². The van der Waals surface area contributed by atoms with Gasteiger partial charge in [0.1, 0.15) is 17.9 Å². The van der Waals surface area contributed by atoms with E-state index in [-0.39, 0.29) is 38.6 Å². The largest absolute Gasteiger partial charge is 0.460 e. The minimum absolute atomic E-state index is 0.00867. The number of aromatic nitrogens is 2. The van der Waals surface area contributed by atoms with Crippen molar-refractivity contribution in [1.29, 1.82) is 0 Å². The second-order valence-electron chi connectivity index (χ2n) is 11.8. The molecule has 1 aliphatic rings. The summed E-state index contributed by atoms with van der Waals surface area (Å²) in [6.07, 6.45) is -3.83. The maximum Gasteiger partial charge on any atom is 0.423 e. The zero-order valence-corrected chi connectivity index (χ0v) is 24.4. The van der Waals surface area contributed by atoms with Crippen molar-refractivity contribution >= 4 is 19.7 Å². The van der Waals surface area contributed by atoms with Gasteiger partial charge >= 0.3 is 12.1 Å². The first-order valence-electron chi connectivity index (χ1n) is 13.0. The molecule has 0 spiro atoms. The second kappa shape index (κ2) is 12.2. The Kier molecular flexibility index (Phi) is 9.66. The zero-order valence-electron chi connectivity index (χ0n) is 23.4. The van der Waals surface area contributed by atoms with Crippen molar-refractivity contribution in [3.63, 3.8) is 0 Å². The monoisotopic (exact) mass is 569 g/mol. The Morgan fingerprint density at radius 2 is 1.79 bits per heavy atom. The number of halogens is 3. The van der Waals surface area contributed by atoms with Crippen LogP contribution in [0.2, 0.25) is 25.7 Å². The van der Waals surface area contributed by atoms with Crippen LogP contribution >= 0.6 is 0 Å². The average Bonchev–Trinajstić information content (AvgIpc) is 3.16. The maximum absolute atomic E-state index is 14.3. The Labute approximate surface area is 228 Å². The van der Waals surface area contributed by atoms with Crippen LogP contribution in [-0.2, 0) is 38.5 Å². The van der Waals surface area contributed by atoms with Crippen LogP contribution in [-0.4, -0.2) is 49.2 Å². The van der Waals surface area contributed by atoms with E-state index in [1.165, 1.54) is 4.90 Å². The lowest BCUT2D eigenvalue weighted by Gasteiger charge is -2.29. The minimum atomic E-state index is -4.91. The Morgan fingerprint density at radius 3 is 2.44 bits per heavy atom. The normalized spacial score (nSPS) is 15.9. The van der Waals surface area contributed by atoms with Gasteiger partial charge < -0.3 is 19.1 Å². The van der Waals surface area contributed by atoms with Gasteiger partial charge in [-0.25, -0.2) is 4.68 Å². The van der Waals surface area contributed by atoms with Crippen molar-refractivity contribution in [2.75, 3.05) is 24.7 Å². The van der Waals surface area contributed by atoms with E-state index < -0.39 is 43.0 Å². The standard InChI is InChI=1S/C27H38F3N3O5Si/c1-26(2,3)38-23(34)11-12-36-17-22-20-10-8-7-9-19(20)16-32(22)21-15-31-33(18-37-13-14-39(4,5)6)25(35)24(21)27(28,29)30/h7-10,15,22H,11-14,16-18H2,1-6H3. The molecule has 1 aromatic carbocycles. The molecule has 0 bridgehead atoms. The molecule has 2 heterocycles. The molecule has 2 aromatic rings. The third-order valence-electron chi connectivity index (χ3n) is 6.10. The molecule has 1 atom stereocenters. The van der Waals surface area contributed by atoms with Gasteiger partial charge in [0.15, 0.2) is 0 Å². The number of benzene rings is 1. The number of nitrogens with zero attached hydrogens (tertiary/aromatic N) is 3. The quantitative estimate of drug-likeness (QED) is 0.204. The predicted molar refractivity (Wildman–Crippen MR) is 144 cm³/mol. The molecule has 0 radical (unpaired) electrons. The van der Waals surface area contributed by atoms with Gasteiger partial charge in [-0.1, -0.05) is 43.9 Å². The van der Waals surface area contributed by atoms with Crippen molar-refractivity contribution in [1.82, 2.24) is 9.78 Å². The summed E-state index contributed by atoms with van der Waals surface area (Å²) in [4.78, 5) is 26.5. The summed E-state index contributed by atoms with van der Waals surface area (Å²) in [5, 5.41) is 4.03. The lowest BCUT2D eigenvalue weighted by atomic mass is 10.1. The van der Waals surface area contributed by atoms with Crippen molar-refractivity contribution in [2.24, 2.45) is 0 Å². The van der Waals surface area contributed by atoms with E-state index in [2.05, 4.69) is 24.7 Å². The highest BCUT2D eigenvalue weighted by atomic mass is 28.3. The van der Waals surface area contributed by atoms with Crippen LogP contribution in [0.25, 0.3) is 0 Å². The summed E-state index contributed by atoms with van der Waals surface area (Å²) in [6.45, 7) is 12.0. The molecule has 0 amide bonds. The Morgan fingerprint density at radius 1 is 1.10 bits per heavy atom. The van der Waals surface area contributed by atoms with Gasteiger partial charge in [-0.05, 0) is 37.9 Å². The predicted octanol–water partition coefficient (Wildman–Crippen LogP) is 5.38. The van der Waals surface area contributed by atoms with Crippen LogP contribution in [0.4, 0.5) is 18.9 Å². The summed E-state index contributed by atoms with van der Waals surface area (Å²) >= 11 is 0. The number of ether oxygens (including phenoxy) is 3. The summed E-state index contributed by atoms with van der Waals surface area (Å²) in [6, 6.07) is 7.47. The van der Waals surface area contributed by atoms with Crippen molar-refractivity contribution in [3.8, 4) is 0 Å². The molecule has 1 aliphatic heterocycles. The number of hydrogen-bond acceptors (Lipinski definition) is 7. The summed E-state index contributed by atoms with van der Waals surface area (Å²) in [7, 11) is -1.40. The van der Waals surface area contributed by atoms with Gasteiger partial charge in [-0.2, -0.15) is 18.3 Å². The summed E-state index contributed by atoms with van der Waals surface area (Å²) in [5.41, 5.74) is -1.88. The molecule has 1 aromatic heterocycles. The number of carbonyl (C=O) groups excluding carboxylic acids is 1. The highest BCUT2D eigenvalue weighted by Gasteiger charge is 2.42. The highest BCUT2D eigenvalue weighted by molar-refractivity contribution is 6.76. The SMILES string of the molecule is CC(C)(C)OC(=O)CCOCC1c2ccccc2CN1c1cnn(COCC[Si](C)(C)C)c(=O)c1C(F)(F)F. The smallest absolute Gasteiger partial charge is 0.423 e. The molecular formula is C27H38F3N3O5Si. The van der Waals surface area contributed by atoms with Gasteiger partial charge in [-0.15, -0.1) is 0 Å². The lowest BCUT2D eigenvalue weighted by Crippen LogP contribution is -2.36. The Hall–Kier alpha value is -2.70. The lowest BCUT2D eigenvalue weighted by molar-refractivity contribution is -0.156. The fourth-order valence-electron chi connectivity index (χ4n) is 4.23. The van der Waals surface area contributed by atoms with Gasteiger partial charge in [0, 0.05) is 21.2 Å². The zero-order chi connectivity index (χ0) is 29.0. The van der Waals surface area contributed by atoms with Crippen molar-refractivity contribution in [2.45, 2.75) is 84.0 Å². The number of fused-ring (bicyclic) bond motifs is 1. The maximum atomic E-state index is 14.3. The molecule has 0 N–H and O–H groups in total. The van der Waals surface area contributed by atoms with Gasteiger partial charge in [0.25, 0.3) is 5.56 Å². The van der Waals surface area contributed by atoms with E-state index in [4.69, 9.17) is 14.2 Å². The van der Waals surface area contributed by atoms with Crippen LogP contribution < -0.4 is 10.5 Å². The van der Waals surface area contributed by atoms with E-state index >= 15 is 0 Å². The van der Waals surface area contributed by atoms with Crippen LogP contribution in [0.5, 0.6) is 0 Å². The van der Waals surface area contributed by atoms with E-state index in [9.17, 15) is 22.8 Å². The molecule has 12 heteroatoms. The van der Waals surface area contributed by atoms with Crippen LogP contribution in [0, 0.1) is 0 Å². The number of rotatable bonds is 11. The Bertz CT molecular complexity index is 1200. The van der Waals surface area contributed by atoms with Gasteiger partial charge in [-0.3, -0.25) is 9.59 Å². The molecule has 216 valence electrons. The third kappa shape index (κ3) is 8.64. The number of alkyl halides is 3. The summed E-state index contributed by atoms with van der Waals surface area (Å²) in [5.74, 6) is -0.426. The molecule has 0 aliphatic carbocycles. The van der Waals surface area contributed by atoms with Crippen LogP contribution in [0.3, 0.4) is 0 Å². The number of anilines is 1. The third-order valence-corrected chi connectivity index (χ3v) is 7.81. The number of carbonyl (C=O) groups is 1. The number of hydrogen-bond donors (Lipinski definition) is 0. The molecule has 39 heavy (non-hydrogen) atoms. The molecule has 0 fully saturated rings. The minimum Gasteiger partial charge on any atom is -0.460 e. The summed E-state index contributed by atoms with van der Waals surface area (Å²) < 4.78 is 60.1. The second-order valence-corrected chi connectivity index (χ2v) is 17.4. The molecule has 1 unspecified atom stereocenters. The van der Waals surface area contributed by atoms with E-state index in [1.807, 2.05) is 12.1 Å². The number of esters is 1. The van der Waals surface area contributed by atoms with Crippen molar-refractivity contribution < 1.29 is 32.2 Å². The molecule has 0 saturated carbocycles. The van der Waals surface area contributed by atoms with Crippen LogP contribution in [0.1, 0.15) is 49.9 Å². The molecule has 3 rings (SSSR count). The first-order valence-corrected chi connectivity index (χ1v) is 16.7. The fraction of sp³-hybridized carbons (Fsp3) is 0.593. The van der Waals surface area contributed by atoms with E-state index in [0.717, 1.165) is 23.4 Å². The van der Waals surface area contributed by atoms with E-state index in [0.29, 0.717) is 11.3 Å². The Balaban J connectivity index is 1.83. The fourth-order valence-corrected chi connectivity index (χ4v) is 4.98.